The van der Waals surface area contributed by atoms with Crippen molar-refractivity contribution in [2.45, 2.75) is 49.5 Å². The van der Waals surface area contributed by atoms with Crippen molar-refractivity contribution < 1.29 is 14.6 Å². The van der Waals surface area contributed by atoms with E-state index in [4.69, 9.17) is 9.84 Å². The Labute approximate surface area is 113 Å². The van der Waals surface area contributed by atoms with Gasteiger partial charge in [0.2, 0.25) is 0 Å². The highest BCUT2D eigenvalue weighted by atomic mass is 16.5. The third kappa shape index (κ3) is 2.52. The van der Waals surface area contributed by atoms with E-state index >= 15 is 0 Å². The Bertz CT molecular complexity index is 498. The van der Waals surface area contributed by atoms with Crippen molar-refractivity contribution in [3.8, 4) is 0 Å². The van der Waals surface area contributed by atoms with Crippen molar-refractivity contribution in [2.75, 3.05) is 7.11 Å². The van der Waals surface area contributed by atoms with E-state index in [1.54, 1.807) is 7.11 Å². The number of hydrogen-bond acceptors (Lipinski definition) is 2. The van der Waals surface area contributed by atoms with Crippen LogP contribution in [0.5, 0.6) is 0 Å². The second-order valence-corrected chi connectivity index (χ2v) is 6.12. The van der Waals surface area contributed by atoms with Gasteiger partial charge in [-0.3, -0.25) is 4.79 Å². The lowest BCUT2D eigenvalue weighted by Crippen LogP contribution is -2.16. The normalized spacial score (nSPS) is 21.9. The molecule has 2 aliphatic rings. The summed E-state index contributed by atoms with van der Waals surface area (Å²) in [7, 11) is 1.78. The molecule has 0 radical (unpaired) electrons. The number of hydrogen-bond donors (Lipinski definition) is 1. The molecule has 0 spiro atoms. The molecule has 19 heavy (non-hydrogen) atoms. The van der Waals surface area contributed by atoms with Crippen LogP contribution in [0.25, 0.3) is 0 Å². The molecule has 0 amide bonds. The van der Waals surface area contributed by atoms with Gasteiger partial charge in [-0.15, -0.1) is 0 Å². The van der Waals surface area contributed by atoms with E-state index < -0.39 is 5.97 Å². The zero-order valence-corrected chi connectivity index (χ0v) is 11.3. The zero-order valence-electron chi connectivity index (χ0n) is 11.3. The SMILES string of the molecule is COC1(Cc2cccc(C3(CC(=O)O)CC3)c2)CC1. The van der Waals surface area contributed by atoms with Crippen molar-refractivity contribution in [2.24, 2.45) is 0 Å². The summed E-state index contributed by atoms with van der Waals surface area (Å²) in [5.74, 6) is -0.696. The molecule has 0 unspecified atom stereocenters. The molecule has 0 heterocycles. The largest absolute Gasteiger partial charge is 0.481 e. The van der Waals surface area contributed by atoms with Crippen molar-refractivity contribution in [3.63, 3.8) is 0 Å². The molecule has 2 aliphatic carbocycles. The maximum Gasteiger partial charge on any atom is 0.304 e. The molecule has 2 saturated carbocycles. The van der Waals surface area contributed by atoms with Crippen molar-refractivity contribution in [3.05, 3.63) is 35.4 Å². The van der Waals surface area contributed by atoms with Gasteiger partial charge in [0, 0.05) is 18.9 Å². The van der Waals surface area contributed by atoms with Gasteiger partial charge in [0.05, 0.1) is 12.0 Å². The monoisotopic (exact) mass is 260 g/mol. The van der Waals surface area contributed by atoms with Crippen LogP contribution in [0.15, 0.2) is 24.3 Å². The van der Waals surface area contributed by atoms with Gasteiger partial charge < -0.3 is 9.84 Å². The third-order valence-electron chi connectivity index (χ3n) is 4.65. The van der Waals surface area contributed by atoms with E-state index in [1.165, 1.54) is 11.1 Å². The quantitative estimate of drug-likeness (QED) is 0.855. The summed E-state index contributed by atoms with van der Waals surface area (Å²) in [6, 6.07) is 8.44. The number of methoxy groups -OCH3 is 1. The lowest BCUT2D eigenvalue weighted by molar-refractivity contribution is -0.137. The molecule has 0 saturated heterocycles. The smallest absolute Gasteiger partial charge is 0.304 e. The van der Waals surface area contributed by atoms with Crippen LogP contribution in [-0.4, -0.2) is 23.8 Å². The Morgan fingerprint density at radius 3 is 2.58 bits per heavy atom. The van der Waals surface area contributed by atoms with Crippen molar-refractivity contribution in [1.29, 1.82) is 0 Å². The number of carboxylic acid groups (broad SMARTS) is 1. The fraction of sp³-hybridized carbons (Fsp3) is 0.562. The van der Waals surface area contributed by atoms with Gasteiger partial charge in [0.25, 0.3) is 0 Å². The fourth-order valence-corrected chi connectivity index (χ4v) is 2.98. The minimum Gasteiger partial charge on any atom is -0.481 e. The summed E-state index contributed by atoms with van der Waals surface area (Å²) in [6.07, 6.45) is 5.46. The van der Waals surface area contributed by atoms with Crippen LogP contribution >= 0.6 is 0 Å². The van der Waals surface area contributed by atoms with Gasteiger partial charge in [-0.05, 0) is 36.8 Å². The molecule has 3 heteroatoms. The van der Waals surface area contributed by atoms with Gasteiger partial charge in [-0.25, -0.2) is 0 Å². The molecule has 0 aromatic heterocycles. The van der Waals surface area contributed by atoms with E-state index in [0.29, 0.717) is 0 Å². The van der Waals surface area contributed by atoms with E-state index in [-0.39, 0.29) is 17.4 Å². The number of rotatable bonds is 6. The lowest BCUT2D eigenvalue weighted by atomic mass is 9.90. The van der Waals surface area contributed by atoms with E-state index in [0.717, 1.165) is 32.1 Å². The molecule has 1 aromatic rings. The van der Waals surface area contributed by atoms with Gasteiger partial charge in [0.15, 0.2) is 0 Å². The lowest BCUT2D eigenvalue weighted by Gasteiger charge is -2.17. The predicted octanol–water partition coefficient (Wildman–Crippen LogP) is 2.91. The second-order valence-electron chi connectivity index (χ2n) is 6.12. The Balaban J connectivity index is 1.78. The standard InChI is InChI=1S/C16H20O3/c1-19-16(7-8-16)10-12-3-2-4-13(9-12)15(5-6-15)11-14(17)18/h2-4,9H,5-8,10-11H2,1H3,(H,17,18). The number of carbonyl (C=O) groups is 1. The van der Waals surface area contributed by atoms with Crippen LogP contribution in [0.4, 0.5) is 0 Å². The topological polar surface area (TPSA) is 46.5 Å². The van der Waals surface area contributed by atoms with Gasteiger partial charge in [-0.1, -0.05) is 24.3 Å². The van der Waals surface area contributed by atoms with Gasteiger partial charge in [0.1, 0.15) is 0 Å². The van der Waals surface area contributed by atoms with E-state index in [1.807, 2.05) is 0 Å². The highest BCUT2D eigenvalue weighted by Crippen LogP contribution is 2.51. The second kappa shape index (κ2) is 4.34. The van der Waals surface area contributed by atoms with Crippen LogP contribution < -0.4 is 0 Å². The highest BCUT2D eigenvalue weighted by Gasteiger charge is 2.46. The van der Waals surface area contributed by atoms with E-state index in [9.17, 15) is 4.79 Å². The summed E-state index contributed by atoms with van der Waals surface area (Å²) in [5.41, 5.74) is 2.43. The van der Waals surface area contributed by atoms with Crippen LogP contribution in [0, 0.1) is 0 Å². The molecule has 2 fully saturated rings. The first-order valence-corrected chi connectivity index (χ1v) is 6.94. The minimum absolute atomic E-state index is 0.0577. The van der Waals surface area contributed by atoms with Crippen LogP contribution in [0.1, 0.15) is 43.2 Å². The first kappa shape index (κ1) is 12.7. The van der Waals surface area contributed by atoms with E-state index in [2.05, 4.69) is 24.3 Å². The molecule has 1 aromatic carbocycles. The molecule has 3 rings (SSSR count). The summed E-state index contributed by atoms with van der Waals surface area (Å²) in [5, 5.41) is 9.03. The Morgan fingerprint density at radius 1 is 1.32 bits per heavy atom. The summed E-state index contributed by atoms with van der Waals surface area (Å²) in [4.78, 5) is 11.0. The number of benzene rings is 1. The van der Waals surface area contributed by atoms with Crippen molar-refractivity contribution >= 4 is 5.97 Å². The first-order valence-electron chi connectivity index (χ1n) is 6.94. The maximum absolute atomic E-state index is 11.0. The number of carboxylic acids is 1. The molecule has 0 aliphatic heterocycles. The van der Waals surface area contributed by atoms with Gasteiger partial charge in [-0.2, -0.15) is 0 Å². The van der Waals surface area contributed by atoms with Crippen LogP contribution in [0.2, 0.25) is 0 Å². The van der Waals surface area contributed by atoms with Gasteiger partial charge >= 0.3 is 5.97 Å². The Hall–Kier alpha value is -1.35. The number of aliphatic carboxylic acids is 1. The molecule has 3 nitrogen and oxygen atoms in total. The van der Waals surface area contributed by atoms with Crippen LogP contribution in [-0.2, 0) is 21.4 Å². The maximum atomic E-state index is 11.0. The summed E-state index contributed by atoms with van der Waals surface area (Å²) in [6.45, 7) is 0. The highest BCUT2D eigenvalue weighted by molar-refractivity contribution is 5.70. The molecule has 102 valence electrons. The third-order valence-corrected chi connectivity index (χ3v) is 4.65. The average molecular weight is 260 g/mol. The molecule has 1 N–H and O–H groups in total. The molecule has 0 bridgehead atoms. The van der Waals surface area contributed by atoms with Crippen molar-refractivity contribution in [1.82, 2.24) is 0 Å². The Morgan fingerprint density at radius 2 is 2.05 bits per heavy atom. The van der Waals surface area contributed by atoms with Crippen LogP contribution in [0.3, 0.4) is 0 Å². The predicted molar refractivity (Wildman–Crippen MR) is 72.3 cm³/mol. The molecule has 0 atom stereocenters. The zero-order chi connectivity index (χ0) is 13.5. The summed E-state index contributed by atoms with van der Waals surface area (Å²) >= 11 is 0. The Kier molecular flexibility index (Phi) is 2.90. The molecular formula is C16H20O3. The average Bonchev–Trinajstić information content (AvgIpc) is 3.27. The summed E-state index contributed by atoms with van der Waals surface area (Å²) < 4.78 is 5.56. The first-order chi connectivity index (χ1) is 9.07. The minimum atomic E-state index is -0.696. The fourth-order valence-electron chi connectivity index (χ4n) is 2.98. The number of ether oxygens (including phenoxy) is 1. The molecular weight excluding hydrogens is 240 g/mol.